The van der Waals surface area contributed by atoms with Gasteiger partial charge in [0.25, 0.3) is 0 Å². The lowest BCUT2D eigenvalue weighted by atomic mass is 9.82. The molecule has 3 heteroatoms. The Balaban J connectivity index is 1.10. The van der Waals surface area contributed by atoms with Gasteiger partial charge in [-0.15, -0.1) is 0 Å². The highest BCUT2D eigenvalue weighted by Gasteiger charge is 2.38. The molecule has 280 valence electrons. The van der Waals surface area contributed by atoms with Gasteiger partial charge in [-0.1, -0.05) is 120 Å². The van der Waals surface area contributed by atoms with Crippen LogP contribution in [0.5, 0.6) is 0 Å². The standard InChI is InChI=1S/C55H44N2O/c1-7-15-34-36-24-22-32(30-44(36)54(3,4)42(34)8-2)56-46-20-13-10-17-40(46)50-48(56)28-26-38-39-27-29-49-51(53(39)58-52(38)50)41-18-11-14-21-47(41)57(49)33-23-25-37-35-16-9-12-19-43(35)55(5,6)45(37)31-33/h8-31H,7H2,1-6H3/b34-15-,42-8+. The van der Waals surface area contributed by atoms with E-state index < -0.39 is 0 Å². The average Bonchev–Trinajstić information content (AvgIpc) is 3.99. The summed E-state index contributed by atoms with van der Waals surface area (Å²) in [5.74, 6) is 0. The maximum absolute atomic E-state index is 7.28. The number of rotatable bonds is 3. The first-order valence-corrected chi connectivity index (χ1v) is 20.8. The number of nitrogens with zero attached hydrogens (tertiary/aromatic N) is 2. The molecule has 0 aliphatic heterocycles. The van der Waals surface area contributed by atoms with Gasteiger partial charge in [0.1, 0.15) is 11.2 Å². The third-order valence-electron chi connectivity index (χ3n) is 13.8. The van der Waals surface area contributed by atoms with Gasteiger partial charge in [0, 0.05) is 43.7 Å². The number of fused-ring (bicyclic) bond motifs is 15. The van der Waals surface area contributed by atoms with Crippen LogP contribution >= 0.6 is 0 Å². The molecular weight excluding hydrogens is 705 g/mol. The minimum Gasteiger partial charge on any atom is -0.455 e. The third-order valence-corrected chi connectivity index (χ3v) is 13.8. The van der Waals surface area contributed by atoms with Crippen molar-refractivity contribution in [2.24, 2.45) is 0 Å². The summed E-state index contributed by atoms with van der Waals surface area (Å²) in [4.78, 5) is 0. The maximum Gasteiger partial charge on any atom is 0.145 e. The zero-order valence-corrected chi connectivity index (χ0v) is 33.9. The fourth-order valence-corrected chi connectivity index (χ4v) is 11.2. The summed E-state index contributed by atoms with van der Waals surface area (Å²) in [5, 5.41) is 6.99. The van der Waals surface area contributed by atoms with E-state index in [4.69, 9.17) is 4.42 Å². The van der Waals surface area contributed by atoms with Gasteiger partial charge in [-0.25, -0.2) is 0 Å². The summed E-state index contributed by atoms with van der Waals surface area (Å²) in [7, 11) is 0. The molecule has 0 saturated heterocycles. The Bertz CT molecular complexity index is 3500. The van der Waals surface area contributed by atoms with Crippen LogP contribution in [0.2, 0.25) is 0 Å². The van der Waals surface area contributed by atoms with Crippen molar-refractivity contribution in [1.29, 1.82) is 0 Å². The first-order chi connectivity index (χ1) is 28.2. The lowest BCUT2D eigenvalue weighted by molar-refractivity contribution is 0.659. The predicted molar refractivity (Wildman–Crippen MR) is 245 cm³/mol. The molecule has 12 rings (SSSR count). The minimum atomic E-state index is -0.0859. The van der Waals surface area contributed by atoms with Gasteiger partial charge in [-0.3, -0.25) is 0 Å². The highest BCUT2D eigenvalue weighted by atomic mass is 16.3. The van der Waals surface area contributed by atoms with Gasteiger partial charge in [0.2, 0.25) is 0 Å². The Morgan fingerprint density at radius 3 is 1.60 bits per heavy atom. The van der Waals surface area contributed by atoms with Crippen LogP contribution in [0.4, 0.5) is 0 Å². The summed E-state index contributed by atoms with van der Waals surface area (Å²) in [6, 6.07) is 49.8. The van der Waals surface area contributed by atoms with Crippen molar-refractivity contribution in [1.82, 2.24) is 9.13 Å². The fourth-order valence-electron chi connectivity index (χ4n) is 11.2. The minimum absolute atomic E-state index is 0.0855. The third kappa shape index (κ3) is 4.13. The average molecular weight is 749 g/mol. The smallest absolute Gasteiger partial charge is 0.145 e. The summed E-state index contributed by atoms with van der Waals surface area (Å²) in [5.41, 5.74) is 19.7. The largest absolute Gasteiger partial charge is 0.455 e. The molecule has 10 aromatic rings. The molecular formula is C55H44N2O. The first-order valence-electron chi connectivity index (χ1n) is 20.8. The number of hydrogen-bond acceptors (Lipinski definition) is 1. The fraction of sp³-hybridized carbons (Fsp3) is 0.164. The second-order valence-corrected chi connectivity index (χ2v) is 17.5. The molecule has 2 aliphatic rings. The van der Waals surface area contributed by atoms with Crippen molar-refractivity contribution < 1.29 is 4.42 Å². The van der Waals surface area contributed by atoms with Gasteiger partial charge in [-0.2, -0.15) is 0 Å². The molecule has 0 radical (unpaired) electrons. The number of aromatic nitrogens is 2. The van der Waals surface area contributed by atoms with Crippen molar-refractivity contribution in [3.8, 4) is 22.5 Å². The lowest BCUT2D eigenvalue weighted by Gasteiger charge is -2.22. The van der Waals surface area contributed by atoms with Crippen LogP contribution in [0.1, 0.15) is 70.2 Å². The van der Waals surface area contributed by atoms with Crippen molar-refractivity contribution in [3.05, 3.63) is 173 Å². The summed E-state index contributed by atoms with van der Waals surface area (Å²) < 4.78 is 12.2. The Morgan fingerprint density at radius 2 is 1.02 bits per heavy atom. The Kier molecular flexibility index (Phi) is 6.66. The highest BCUT2D eigenvalue weighted by Crippen LogP contribution is 2.52. The van der Waals surface area contributed by atoms with Crippen LogP contribution < -0.4 is 0 Å². The molecule has 0 amide bonds. The van der Waals surface area contributed by atoms with Crippen molar-refractivity contribution in [2.75, 3.05) is 0 Å². The van der Waals surface area contributed by atoms with E-state index in [0.717, 1.165) is 50.2 Å². The van der Waals surface area contributed by atoms with Crippen LogP contribution in [-0.4, -0.2) is 9.13 Å². The summed E-state index contributed by atoms with van der Waals surface area (Å²) >= 11 is 0. The van der Waals surface area contributed by atoms with Crippen LogP contribution in [0.25, 0.3) is 93.6 Å². The molecule has 0 saturated carbocycles. The van der Waals surface area contributed by atoms with Crippen LogP contribution in [0.15, 0.2) is 156 Å². The zero-order valence-electron chi connectivity index (χ0n) is 33.9. The number of para-hydroxylation sites is 2. The zero-order chi connectivity index (χ0) is 39.2. The van der Waals surface area contributed by atoms with E-state index in [-0.39, 0.29) is 10.8 Å². The second kappa shape index (κ2) is 11.5. The molecule has 3 aromatic heterocycles. The Morgan fingerprint density at radius 1 is 0.500 bits per heavy atom. The molecule has 7 aromatic carbocycles. The molecule has 3 nitrogen and oxygen atoms in total. The lowest BCUT2D eigenvalue weighted by Crippen LogP contribution is -2.15. The van der Waals surface area contributed by atoms with E-state index in [9.17, 15) is 0 Å². The van der Waals surface area contributed by atoms with E-state index >= 15 is 0 Å². The molecule has 0 atom stereocenters. The molecule has 0 spiro atoms. The maximum atomic E-state index is 7.28. The van der Waals surface area contributed by atoms with Crippen LogP contribution in [-0.2, 0) is 10.8 Å². The number of hydrogen-bond donors (Lipinski definition) is 0. The van der Waals surface area contributed by atoms with Crippen LogP contribution in [0, 0.1) is 0 Å². The van der Waals surface area contributed by atoms with Gasteiger partial charge in [0.15, 0.2) is 0 Å². The summed E-state index contributed by atoms with van der Waals surface area (Å²) in [6.45, 7) is 13.9. The molecule has 2 aliphatic carbocycles. The predicted octanol–water partition coefficient (Wildman–Crippen LogP) is 15.1. The highest BCUT2D eigenvalue weighted by molar-refractivity contribution is 6.29. The van der Waals surface area contributed by atoms with E-state index in [1.54, 1.807) is 0 Å². The Hall–Kier alpha value is -6.58. The van der Waals surface area contributed by atoms with E-state index in [0.29, 0.717) is 0 Å². The normalized spacial score (nSPS) is 16.9. The quantitative estimate of drug-likeness (QED) is 0.176. The topological polar surface area (TPSA) is 23.0 Å². The molecule has 0 N–H and O–H groups in total. The van der Waals surface area contributed by atoms with E-state index in [1.165, 1.54) is 77.7 Å². The molecule has 0 bridgehead atoms. The molecule has 0 fully saturated rings. The molecule has 3 heterocycles. The molecule has 58 heavy (non-hydrogen) atoms. The first kappa shape index (κ1) is 33.5. The Labute approximate surface area is 338 Å². The van der Waals surface area contributed by atoms with E-state index in [2.05, 4.69) is 196 Å². The van der Waals surface area contributed by atoms with Crippen molar-refractivity contribution in [3.63, 3.8) is 0 Å². The SMILES string of the molecule is C/C=C1\C(=C/CC)c2ccc(-n3c4ccccc4c4c5oc6c(ccc7c6c6ccccc6n7-c6ccc7c(c6)C(C)(C)c6ccccc6-7)c5ccc43)cc2C1(C)C. The summed E-state index contributed by atoms with van der Waals surface area (Å²) in [6.07, 6.45) is 5.71. The van der Waals surface area contributed by atoms with Crippen LogP contribution in [0.3, 0.4) is 0 Å². The van der Waals surface area contributed by atoms with Crippen molar-refractivity contribution >= 4 is 71.1 Å². The number of benzene rings is 7. The monoisotopic (exact) mass is 748 g/mol. The number of allylic oxidation sites excluding steroid dienone is 4. The van der Waals surface area contributed by atoms with Gasteiger partial charge in [0.05, 0.1) is 32.8 Å². The van der Waals surface area contributed by atoms with Gasteiger partial charge >= 0.3 is 0 Å². The second-order valence-electron chi connectivity index (χ2n) is 17.5. The molecule has 0 unspecified atom stereocenters. The van der Waals surface area contributed by atoms with Gasteiger partial charge in [-0.05, 0) is 119 Å². The van der Waals surface area contributed by atoms with Crippen molar-refractivity contribution in [2.45, 2.75) is 58.8 Å². The number of furan rings is 1. The van der Waals surface area contributed by atoms with Gasteiger partial charge < -0.3 is 13.6 Å². The van der Waals surface area contributed by atoms with E-state index in [1.807, 2.05) is 0 Å².